The Hall–Kier alpha value is -3.13. The lowest BCUT2D eigenvalue weighted by Crippen LogP contribution is -2.49. The maximum absolute atomic E-state index is 12.0. The third-order valence-corrected chi connectivity index (χ3v) is 3.80. The van der Waals surface area contributed by atoms with Crippen LogP contribution in [0, 0.1) is 13.8 Å². The Balaban J connectivity index is 1.76. The van der Waals surface area contributed by atoms with E-state index in [9.17, 15) is 9.59 Å². The second kappa shape index (κ2) is 9.54. The van der Waals surface area contributed by atoms with Gasteiger partial charge in [0, 0.05) is 5.56 Å². The van der Waals surface area contributed by atoms with Gasteiger partial charge < -0.3 is 9.47 Å². The Morgan fingerprint density at radius 1 is 1.04 bits per heavy atom. The summed E-state index contributed by atoms with van der Waals surface area (Å²) in [5, 5.41) is 2.40. The van der Waals surface area contributed by atoms with Crippen molar-refractivity contribution in [3.8, 4) is 11.5 Å². The first-order valence-electron chi connectivity index (χ1n) is 8.13. The van der Waals surface area contributed by atoms with E-state index >= 15 is 0 Å². The van der Waals surface area contributed by atoms with Gasteiger partial charge in [0.25, 0.3) is 11.8 Å². The fourth-order valence-corrected chi connectivity index (χ4v) is 2.29. The molecule has 0 fully saturated rings. The molecule has 2 amide bonds. The number of nitrogens with one attached hydrogen (secondary N) is 3. The molecule has 7 nitrogen and oxygen atoms in total. The summed E-state index contributed by atoms with van der Waals surface area (Å²) in [6, 6.07) is 12.3. The van der Waals surface area contributed by atoms with Crippen molar-refractivity contribution in [2.24, 2.45) is 0 Å². The number of ether oxygens (including phenoxy) is 2. The van der Waals surface area contributed by atoms with E-state index in [4.69, 9.17) is 21.7 Å². The highest BCUT2D eigenvalue weighted by molar-refractivity contribution is 7.80. The zero-order chi connectivity index (χ0) is 19.8. The number of carbonyl (C=O) groups excluding carboxylic acids is 2. The molecule has 0 heterocycles. The van der Waals surface area contributed by atoms with Crippen LogP contribution in [0.5, 0.6) is 11.5 Å². The predicted octanol–water partition coefficient (Wildman–Crippen LogP) is 2.03. The van der Waals surface area contributed by atoms with Crippen molar-refractivity contribution in [3.63, 3.8) is 0 Å². The first-order valence-corrected chi connectivity index (χ1v) is 8.54. The highest BCUT2D eigenvalue weighted by atomic mass is 32.1. The molecule has 0 saturated carbocycles. The highest BCUT2D eigenvalue weighted by Crippen LogP contribution is 2.18. The second-order valence-corrected chi connectivity index (χ2v) is 6.15. The first-order chi connectivity index (χ1) is 12.9. The molecule has 3 N–H and O–H groups in total. The summed E-state index contributed by atoms with van der Waals surface area (Å²) in [7, 11) is 1.54. The number of carbonyl (C=O) groups is 2. The highest BCUT2D eigenvalue weighted by Gasteiger charge is 2.09. The lowest BCUT2D eigenvalue weighted by atomic mass is 10.1. The van der Waals surface area contributed by atoms with Gasteiger partial charge in [0.1, 0.15) is 11.5 Å². The summed E-state index contributed by atoms with van der Waals surface area (Å²) in [6.45, 7) is 3.64. The van der Waals surface area contributed by atoms with E-state index in [2.05, 4.69) is 16.2 Å². The van der Waals surface area contributed by atoms with Crippen LogP contribution in [0.15, 0.2) is 42.5 Å². The number of rotatable bonds is 5. The van der Waals surface area contributed by atoms with E-state index in [1.165, 1.54) is 0 Å². The molecule has 0 aliphatic rings. The molecule has 2 rings (SSSR count). The Bertz CT molecular complexity index is 837. The standard InChI is InChI=1S/C19H21N3O4S/c1-12-4-5-13(2)16(10-12)26-11-17(23)20-19(27)22-21-18(24)14-6-8-15(25-3)9-7-14/h4-10H,11H2,1-3H3,(H,21,24)(H2,20,22,23,27). The lowest BCUT2D eigenvalue weighted by molar-refractivity contribution is -0.121. The summed E-state index contributed by atoms with van der Waals surface area (Å²) in [4.78, 5) is 23.9. The van der Waals surface area contributed by atoms with Crippen molar-refractivity contribution in [1.82, 2.24) is 16.2 Å². The quantitative estimate of drug-likeness (QED) is 0.537. The molecular weight excluding hydrogens is 366 g/mol. The number of hydrogen-bond donors (Lipinski definition) is 3. The van der Waals surface area contributed by atoms with Gasteiger partial charge in [0.05, 0.1) is 7.11 Å². The summed E-state index contributed by atoms with van der Waals surface area (Å²) >= 11 is 4.98. The van der Waals surface area contributed by atoms with Gasteiger partial charge in [-0.1, -0.05) is 12.1 Å². The number of methoxy groups -OCH3 is 1. The molecule has 0 aliphatic carbocycles. The summed E-state index contributed by atoms with van der Waals surface area (Å²) < 4.78 is 10.5. The molecule has 0 spiro atoms. The average molecular weight is 387 g/mol. The summed E-state index contributed by atoms with van der Waals surface area (Å²) in [5.74, 6) is 0.441. The third kappa shape index (κ3) is 6.27. The minimum absolute atomic E-state index is 0.0357. The maximum Gasteiger partial charge on any atom is 0.269 e. The number of amides is 2. The van der Waals surface area contributed by atoms with Gasteiger partial charge in [-0.2, -0.15) is 0 Å². The van der Waals surface area contributed by atoms with E-state index in [1.807, 2.05) is 32.0 Å². The van der Waals surface area contributed by atoms with Gasteiger partial charge in [-0.25, -0.2) is 0 Å². The molecule has 142 valence electrons. The number of aryl methyl sites for hydroxylation is 2. The zero-order valence-corrected chi connectivity index (χ0v) is 16.1. The smallest absolute Gasteiger partial charge is 0.269 e. The SMILES string of the molecule is COc1ccc(C(=O)NNC(=S)NC(=O)COc2cc(C)ccc2C)cc1. The average Bonchev–Trinajstić information content (AvgIpc) is 2.66. The Morgan fingerprint density at radius 2 is 1.74 bits per heavy atom. The Kier molecular flexibility index (Phi) is 7.13. The van der Waals surface area contributed by atoms with E-state index in [1.54, 1.807) is 31.4 Å². The van der Waals surface area contributed by atoms with Crippen molar-refractivity contribution in [2.75, 3.05) is 13.7 Å². The van der Waals surface area contributed by atoms with E-state index in [0.717, 1.165) is 11.1 Å². The minimum Gasteiger partial charge on any atom is -0.497 e. The predicted molar refractivity (Wildman–Crippen MR) is 106 cm³/mol. The topological polar surface area (TPSA) is 88.7 Å². The van der Waals surface area contributed by atoms with Gasteiger partial charge in [0.2, 0.25) is 0 Å². The fraction of sp³-hybridized carbons (Fsp3) is 0.211. The van der Waals surface area contributed by atoms with Gasteiger partial charge in [0.15, 0.2) is 11.7 Å². The molecule has 27 heavy (non-hydrogen) atoms. The van der Waals surface area contributed by atoms with Crippen LogP contribution < -0.4 is 25.6 Å². The van der Waals surface area contributed by atoms with Crippen LogP contribution >= 0.6 is 12.2 Å². The molecule has 0 aromatic heterocycles. The minimum atomic E-state index is -0.438. The van der Waals surface area contributed by atoms with E-state index < -0.39 is 11.8 Å². The normalized spacial score (nSPS) is 9.89. The number of hydrogen-bond acceptors (Lipinski definition) is 5. The van der Waals surface area contributed by atoms with Crippen molar-refractivity contribution < 1.29 is 19.1 Å². The molecule has 0 atom stereocenters. The third-order valence-electron chi connectivity index (χ3n) is 3.60. The molecule has 2 aromatic rings. The molecule has 0 aliphatic heterocycles. The Morgan fingerprint density at radius 3 is 2.41 bits per heavy atom. The largest absolute Gasteiger partial charge is 0.497 e. The monoisotopic (exact) mass is 387 g/mol. The van der Waals surface area contributed by atoms with Gasteiger partial charge >= 0.3 is 0 Å². The van der Waals surface area contributed by atoms with Crippen LogP contribution in [0.25, 0.3) is 0 Å². The van der Waals surface area contributed by atoms with Crippen LogP contribution in [0.1, 0.15) is 21.5 Å². The van der Waals surface area contributed by atoms with Gasteiger partial charge in [-0.3, -0.25) is 25.8 Å². The van der Waals surface area contributed by atoms with Gasteiger partial charge in [-0.05, 0) is 67.5 Å². The number of thiocarbonyl (C=S) groups is 1. The molecule has 0 radical (unpaired) electrons. The summed E-state index contributed by atoms with van der Waals surface area (Å²) in [6.07, 6.45) is 0. The first kappa shape index (κ1) is 20.2. The second-order valence-electron chi connectivity index (χ2n) is 5.74. The maximum atomic E-state index is 12.0. The molecule has 0 saturated heterocycles. The lowest BCUT2D eigenvalue weighted by Gasteiger charge is -2.12. The molecule has 0 bridgehead atoms. The molecular formula is C19H21N3O4S. The van der Waals surface area contributed by atoms with Crippen molar-refractivity contribution in [3.05, 3.63) is 59.2 Å². The molecule has 2 aromatic carbocycles. The van der Waals surface area contributed by atoms with Crippen LogP contribution in [0.2, 0.25) is 0 Å². The van der Waals surface area contributed by atoms with Crippen LogP contribution in [0.4, 0.5) is 0 Å². The van der Waals surface area contributed by atoms with Crippen LogP contribution in [-0.2, 0) is 4.79 Å². The van der Waals surface area contributed by atoms with E-state index in [0.29, 0.717) is 17.1 Å². The molecule has 8 heteroatoms. The number of hydrazine groups is 1. The Labute approximate surface area is 163 Å². The van der Waals surface area contributed by atoms with Crippen LogP contribution in [0.3, 0.4) is 0 Å². The summed E-state index contributed by atoms with van der Waals surface area (Å²) in [5.41, 5.74) is 7.26. The van der Waals surface area contributed by atoms with E-state index in [-0.39, 0.29) is 11.7 Å². The number of benzene rings is 2. The van der Waals surface area contributed by atoms with Crippen LogP contribution in [-0.4, -0.2) is 30.6 Å². The van der Waals surface area contributed by atoms with Gasteiger partial charge in [-0.15, -0.1) is 0 Å². The molecule has 0 unspecified atom stereocenters. The van der Waals surface area contributed by atoms with Crippen molar-refractivity contribution in [1.29, 1.82) is 0 Å². The zero-order valence-electron chi connectivity index (χ0n) is 15.3. The van der Waals surface area contributed by atoms with Crippen molar-refractivity contribution in [2.45, 2.75) is 13.8 Å². The fourth-order valence-electron chi connectivity index (χ4n) is 2.13. The van der Waals surface area contributed by atoms with Crippen molar-refractivity contribution >= 4 is 29.1 Å².